The first-order valence-corrected chi connectivity index (χ1v) is 6.60. The Balaban J connectivity index is 2.29. The van der Waals surface area contributed by atoms with Crippen molar-refractivity contribution >= 4 is 11.8 Å². The minimum atomic E-state index is -0.593. The van der Waals surface area contributed by atoms with Gasteiger partial charge in [-0.2, -0.15) is 0 Å². The van der Waals surface area contributed by atoms with Gasteiger partial charge in [-0.25, -0.2) is 0 Å². The van der Waals surface area contributed by atoms with Crippen molar-refractivity contribution in [1.82, 2.24) is 4.90 Å². The molecule has 2 amide bonds. The first-order valence-electron chi connectivity index (χ1n) is 6.60. The first-order chi connectivity index (χ1) is 9.49. The van der Waals surface area contributed by atoms with Crippen LogP contribution in [0.5, 0.6) is 11.5 Å². The highest BCUT2D eigenvalue weighted by atomic mass is 16.3. The molecule has 108 valence electrons. The molecule has 1 aromatic carbocycles. The summed E-state index contributed by atoms with van der Waals surface area (Å²) in [5.41, 5.74) is 5.18. The minimum Gasteiger partial charge on any atom is -0.508 e. The summed E-state index contributed by atoms with van der Waals surface area (Å²) in [6.45, 7) is -0.182. The third-order valence-corrected chi connectivity index (χ3v) is 3.56. The van der Waals surface area contributed by atoms with Gasteiger partial charge in [0.2, 0.25) is 5.91 Å². The Labute approximate surface area is 116 Å². The summed E-state index contributed by atoms with van der Waals surface area (Å²) in [5.74, 6) is -1.41. The number of aromatic hydroxyl groups is 2. The van der Waals surface area contributed by atoms with Gasteiger partial charge in [-0.15, -0.1) is 0 Å². The first kappa shape index (κ1) is 14.2. The van der Waals surface area contributed by atoms with Gasteiger partial charge >= 0.3 is 0 Å². The fourth-order valence-electron chi connectivity index (χ4n) is 2.60. The SMILES string of the molecule is NC(=O)CN(C(=O)c1cc(O)ccc1O)C1CCCC1. The topological polar surface area (TPSA) is 104 Å². The van der Waals surface area contributed by atoms with Crippen LogP contribution >= 0.6 is 0 Å². The predicted molar refractivity (Wildman–Crippen MR) is 72.3 cm³/mol. The van der Waals surface area contributed by atoms with Gasteiger partial charge in [-0.3, -0.25) is 9.59 Å². The van der Waals surface area contributed by atoms with Gasteiger partial charge in [0.05, 0.1) is 12.1 Å². The normalized spacial score (nSPS) is 15.2. The summed E-state index contributed by atoms with van der Waals surface area (Å²) in [5, 5.41) is 19.2. The average molecular weight is 278 g/mol. The van der Waals surface area contributed by atoms with Crippen molar-refractivity contribution in [3.63, 3.8) is 0 Å². The molecule has 1 aromatic rings. The van der Waals surface area contributed by atoms with Crippen LogP contribution < -0.4 is 5.73 Å². The molecule has 0 saturated heterocycles. The van der Waals surface area contributed by atoms with Crippen molar-refractivity contribution in [3.8, 4) is 11.5 Å². The largest absolute Gasteiger partial charge is 0.508 e. The maximum atomic E-state index is 12.5. The number of amides is 2. The van der Waals surface area contributed by atoms with E-state index in [-0.39, 0.29) is 29.6 Å². The zero-order valence-corrected chi connectivity index (χ0v) is 11.1. The summed E-state index contributed by atoms with van der Waals surface area (Å²) in [7, 11) is 0. The Kier molecular flexibility index (Phi) is 4.12. The number of carbonyl (C=O) groups is 2. The lowest BCUT2D eigenvalue weighted by atomic mass is 10.1. The summed E-state index contributed by atoms with van der Waals surface area (Å²) in [6.07, 6.45) is 3.63. The van der Waals surface area contributed by atoms with E-state index in [9.17, 15) is 19.8 Å². The molecule has 20 heavy (non-hydrogen) atoms. The van der Waals surface area contributed by atoms with Crippen LogP contribution in [-0.2, 0) is 4.79 Å². The van der Waals surface area contributed by atoms with E-state index in [0.29, 0.717) is 0 Å². The smallest absolute Gasteiger partial charge is 0.258 e. The number of hydrogen-bond donors (Lipinski definition) is 3. The van der Waals surface area contributed by atoms with E-state index < -0.39 is 11.8 Å². The minimum absolute atomic E-state index is 0.0156. The van der Waals surface area contributed by atoms with E-state index in [1.54, 1.807) is 0 Å². The van der Waals surface area contributed by atoms with Crippen molar-refractivity contribution in [3.05, 3.63) is 23.8 Å². The molecule has 0 radical (unpaired) electrons. The maximum absolute atomic E-state index is 12.5. The summed E-state index contributed by atoms with van der Waals surface area (Å²) >= 11 is 0. The van der Waals surface area contributed by atoms with Gasteiger partial charge in [0, 0.05) is 6.04 Å². The molecular weight excluding hydrogens is 260 g/mol. The second kappa shape index (κ2) is 5.81. The highest BCUT2D eigenvalue weighted by Gasteiger charge is 2.29. The summed E-state index contributed by atoms with van der Waals surface area (Å²) in [6, 6.07) is 3.69. The third kappa shape index (κ3) is 3.01. The molecule has 4 N–H and O–H groups in total. The molecule has 6 heteroatoms. The molecule has 0 heterocycles. The molecule has 2 rings (SSSR count). The number of phenols is 2. The molecule has 0 aliphatic heterocycles. The van der Waals surface area contributed by atoms with Crippen LogP contribution in [0, 0.1) is 0 Å². The second-order valence-electron chi connectivity index (χ2n) is 5.04. The van der Waals surface area contributed by atoms with Crippen LogP contribution in [0.4, 0.5) is 0 Å². The number of nitrogens with zero attached hydrogens (tertiary/aromatic N) is 1. The van der Waals surface area contributed by atoms with Crippen molar-refractivity contribution in [1.29, 1.82) is 0 Å². The summed E-state index contributed by atoms with van der Waals surface area (Å²) < 4.78 is 0. The van der Waals surface area contributed by atoms with Gasteiger partial charge in [-0.05, 0) is 31.0 Å². The Morgan fingerprint density at radius 2 is 1.90 bits per heavy atom. The van der Waals surface area contributed by atoms with Crippen molar-refractivity contribution in [2.24, 2.45) is 5.73 Å². The van der Waals surface area contributed by atoms with E-state index in [1.807, 2.05) is 0 Å². The monoisotopic (exact) mass is 278 g/mol. The van der Waals surface area contributed by atoms with Gasteiger partial charge in [0.25, 0.3) is 5.91 Å². The zero-order valence-electron chi connectivity index (χ0n) is 11.1. The molecule has 1 aliphatic rings. The molecule has 0 bridgehead atoms. The van der Waals surface area contributed by atoms with E-state index in [0.717, 1.165) is 25.7 Å². The Bertz CT molecular complexity index is 524. The highest BCUT2D eigenvalue weighted by molar-refractivity contribution is 5.99. The van der Waals surface area contributed by atoms with E-state index >= 15 is 0 Å². The van der Waals surface area contributed by atoms with Crippen molar-refractivity contribution in [2.75, 3.05) is 6.54 Å². The van der Waals surface area contributed by atoms with Crippen LogP contribution in [-0.4, -0.2) is 39.5 Å². The number of nitrogens with two attached hydrogens (primary N) is 1. The number of benzene rings is 1. The van der Waals surface area contributed by atoms with Crippen LogP contribution in [0.15, 0.2) is 18.2 Å². The number of carbonyl (C=O) groups excluding carboxylic acids is 2. The van der Waals surface area contributed by atoms with Crippen molar-refractivity contribution in [2.45, 2.75) is 31.7 Å². The standard InChI is InChI=1S/C14H18N2O4/c15-13(19)8-16(9-3-1-2-4-9)14(20)11-7-10(17)5-6-12(11)18/h5-7,9,17-18H,1-4,8H2,(H2,15,19). The number of primary amides is 1. The van der Waals surface area contributed by atoms with Crippen molar-refractivity contribution < 1.29 is 19.8 Å². The molecule has 0 spiro atoms. The van der Waals surface area contributed by atoms with E-state index in [4.69, 9.17) is 5.73 Å². The highest BCUT2D eigenvalue weighted by Crippen LogP contribution is 2.28. The number of rotatable bonds is 4. The Morgan fingerprint density at radius 3 is 2.50 bits per heavy atom. The fraction of sp³-hybridized carbons (Fsp3) is 0.429. The molecule has 1 fully saturated rings. The van der Waals surface area contributed by atoms with Gasteiger partial charge in [-0.1, -0.05) is 12.8 Å². The van der Waals surface area contributed by atoms with Gasteiger partial charge in [0.1, 0.15) is 11.5 Å². The molecule has 0 atom stereocenters. The van der Waals surface area contributed by atoms with Crippen LogP contribution in [0.1, 0.15) is 36.0 Å². The lowest BCUT2D eigenvalue weighted by Gasteiger charge is -2.28. The van der Waals surface area contributed by atoms with Gasteiger partial charge in [0.15, 0.2) is 0 Å². The number of hydrogen-bond acceptors (Lipinski definition) is 4. The molecular formula is C14H18N2O4. The summed E-state index contributed by atoms with van der Waals surface area (Å²) in [4.78, 5) is 25.1. The van der Waals surface area contributed by atoms with Gasteiger partial charge < -0.3 is 20.8 Å². The zero-order chi connectivity index (χ0) is 14.7. The maximum Gasteiger partial charge on any atom is 0.258 e. The fourth-order valence-corrected chi connectivity index (χ4v) is 2.60. The lowest BCUT2D eigenvalue weighted by molar-refractivity contribution is -0.119. The molecule has 6 nitrogen and oxygen atoms in total. The van der Waals surface area contributed by atoms with E-state index in [2.05, 4.69) is 0 Å². The molecule has 1 saturated carbocycles. The van der Waals surface area contributed by atoms with E-state index in [1.165, 1.54) is 23.1 Å². The molecule has 0 aromatic heterocycles. The molecule has 0 unspecified atom stereocenters. The Morgan fingerprint density at radius 1 is 1.25 bits per heavy atom. The molecule has 1 aliphatic carbocycles. The third-order valence-electron chi connectivity index (χ3n) is 3.56. The average Bonchev–Trinajstić information content (AvgIpc) is 2.91. The lowest BCUT2D eigenvalue weighted by Crippen LogP contribution is -2.44. The van der Waals surface area contributed by atoms with Crippen LogP contribution in [0.3, 0.4) is 0 Å². The van der Waals surface area contributed by atoms with Crippen LogP contribution in [0.2, 0.25) is 0 Å². The quantitative estimate of drug-likeness (QED) is 0.714. The predicted octanol–water partition coefficient (Wildman–Crippen LogP) is 0.968. The van der Waals surface area contributed by atoms with Crippen LogP contribution in [0.25, 0.3) is 0 Å². The second-order valence-corrected chi connectivity index (χ2v) is 5.04. The Hall–Kier alpha value is -2.24. The number of phenolic OH excluding ortho intramolecular Hbond substituents is 2.